The minimum Gasteiger partial charge on any atom is -0.389 e. The number of halogens is 1. The standard InChI is InChI=1S/C15H17ClN2O3S/c16-12-5-6-13(11-4-3-9-17-14(11)12)22(20,21)18-10-15(19)7-1-2-8-15/h3-6,9,18-19H,1-2,7-8,10H2. The van der Waals surface area contributed by atoms with E-state index in [0.717, 1.165) is 12.8 Å². The summed E-state index contributed by atoms with van der Waals surface area (Å²) in [6.45, 7) is 0.0275. The maximum absolute atomic E-state index is 12.6. The van der Waals surface area contributed by atoms with Gasteiger partial charge in [-0.1, -0.05) is 24.4 Å². The summed E-state index contributed by atoms with van der Waals surface area (Å²) in [6, 6.07) is 6.33. The van der Waals surface area contributed by atoms with Gasteiger partial charge in [-0.3, -0.25) is 4.98 Å². The molecule has 0 unspecified atom stereocenters. The quantitative estimate of drug-likeness (QED) is 0.896. The second-order valence-corrected chi connectivity index (χ2v) is 7.84. The number of benzene rings is 1. The van der Waals surface area contributed by atoms with Crippen LogP contribution in [0.2, 0.25) is 5.02 Å². The molecule has 2 aromatic rings. The van der Waals surface area contributed by atoms with Gasteiger partial charge in [0.25, 0.3) is 0 Å². The highest BCUT2D eigenvalue weighted by Gasteiger charge is 2.32. The Balaban J connectivity index is 1.94. The first-order valence-corrected chi connectivity index (χ1v) is 9.03. The van der Waals surface area contributed by atoms with Gasteiger partial charge in [-0.05, 0) is 37.1 Å². The summed E-state index contributed by atoms with van der Waals surface area (Å²) >= 11 is 6.06. The highest BCUT2D eigenvalue weighted by Crippen LogP contribution is 2.30. The van der Waals surface area contributed by atoms with E-state index in [1.807, 2.05) is 0 Å². The maximum atomic E-state index is 12.6. The lowest BCUT2D eigenvalue weighted by atomic mass is 10.0. The fourth-order valence-corrected chi connectivity index (χ4v) is 4.39. The number of pyridine rings is 1. The minimum absolute atomic E-state index is 0.0275. The summed E-state index contributed by atoms with van der Waals surface area (Å²) in [4.78, 5) is 4.26. The van der Waals surface area contributed by atoms with Crippen molar-refractivity contribution in [2.45, 2.75) is 36.2 Å². The third-order valence-electron chi connectivity index (χ3n) is 4.10. The lowest BCUT2D eigenvalue weighted by Gasteiger charge is -2.22. The molecule has 22 heavy (non-hydrogen) atoms. The van der Waals surface area contributed by atoms with Crippen LogP contribution in [0, 0.1) is 0 Å². The molecule has 0 spiro atoms. The molecule has 7 heteroatoms. The van der Waals surface area contributed by atoms with Crippen molar-refractivity contribution in [2.75, 3.05) is 6.54 Å². The molecule has 5 nitrogen and oxygen atoms in total. The van der Waals surface area contributed by atoms with Gasteiger partial charge in [0.05, 0.1) is 21.0 Å². The Morgan fingerprint density at radius 3 is 2.73 bits per heavy atom. The van der Waals surface area contributed by atoms with Crippen LogP contribution in [0.3, 0.4) is 0 Å². The number of aromatic nitrogens is 1. The molecule has 0 aliphatic heterocycles. The number of hydrogen-bond donors (Lipinski definition) is 2. The predicted molar refractivity (Wildman–Crippen MR) is 85.4 cm³/mol. The van der Waals surface area contributed by atoms with Gasteiger partial charge in [0.15, 0.2) is 0 Å². The van der Waals surface area contributed by atoms with Crippen molar-refractivity contribution in [1.82, 2.24) is 9.71 Å². The molecule has 1 aliphatic rings. The molecule has 3 rings (SSSR count). The molecule has 118 valence electrons. The number of fused-ring (bicyclic) bond motifs is 1. The van der Waals surface area contributed by atoms with Crippen molar-refractivity contribution in [2.24, 2.45) is 0 Å². The van der Waals surface area contributed by atoms with Gasteiger partial charge in [-0.15, -0.1) is 0 Å². The molecule has 0 saturated heterocycles. The average Bonchev–Trinajstić information content (AvgIpc) is 2.93. The first-order valence-electron chi connectivity index (χ1n) is 7.17. The summed E-state index contributed by atoms with van der Waals surface area (Å²) in [5, 5.41) is 11.2. The second kappa shape index (κ2) is 5.77. The monoisotopic (exact) mass is 340 g/mol. The predicted octanol–water partition coefficient (Wildman–Crippen LogP) is 2.47. The molecule has 1 aliphatic carbocycles. The number of hydrogen-bond acceptors (Lipinski definition) is 4. The summed E-state index contributed by atoms with van der Waals surface area (Å²) in [6.07, 6.45) is 4.66. The van der Waals surface area contributed by atoms with Crippen LogP contribution in [-0.2, 0) is 10.0 Å². The highest BCUT2D eigenvalue weighted by molar-refractivity contribution is 7.89. The van der Waals surface area contributed by atoms with E-state index < -0.39 is 15.6 Å². The van der Waals surface area contributed by atoms with Crippen molar-refractivity contribution in [1.29, 1.82) is 0 Å². The van der Waals surface area contributed by atoms with Gasteiger partial charge in [-0.25, -0.2) is 13.1 Å². The molecule has 2 N–H and O–H groups in total. The highest BCUT2D eigenvalue weighted by atomic mass is 35.5. The normalized spacial score (nSPS) is 17.9. The molecule has 0 atom stereocenters. The van der Waals surface area contributed by atoms with Crippen molar-refractivity contribution in [3.05, 3.63) is 35.5 Å². The average molecular weight is 341 g/mol. The summed E-state index contributed by atoms with van der Waals surface area (Å²) in [5.41, 5.74) is -0.486. The van der Waals surface area contributed by atoms with Crippen molar-refractivity contribution < 1.29 is 13.5 Å². The number of aliphatic hydroxyl groups is 1. The van der Waals surface area contributed by atoms with Crippen LogP contribution in [0.15, 0.2) is 35.4 Å². The summed E-state index contributed by atoms with van der Waals surface area (Å²) in [5.74, 6) is 0. The van der Waals surface area contributed by atoms with E-state index in [0.29, 0.717) is 28.8 Å². The number of nitrogens with zero attached hydrogens (tertiary/aromatic N) is 1. The van der Waals surface area contributed by atoms with Gasteiger partial charge in [0.2, 0.25) is 10.0 Å². The molecular formula is C15H17ClN2O3S. The topological polar surface area (TPSA) is 79.3 Å². The van der Waals surface area contributed by atoms with Crippen LogP contribution < -0.4 is 4.72 Å². The molecule has 1 saturated carbocycles. The van der Waals surface area contributed by atoms with E-state index in [9.17, 15) is 13.5 Å². The van der Waals surface area contributed by atoms with Crippen molar-refractivity contribution in [3.8, 4) is 0 Å². The van der Waals surface area contributed by atoms with Crippen LogP contribution in [-0.4, -0.2) is 30.7 Å². The smallest absolute Gasteiger partial charge is 0.241 e. The number of sulfonamides is 1. The molecule has 0 radical (unpaired) electrons. The van der Waals surface area contributed by atoms with Crippen LogP contribution in [0.4, 0.5) is 0 Å². The van der Waals surface area contributed by atoms with Crippen LogP contribution in [0.1, 0.15) is 25.7 Å². The lowest BCUT2D eigenvalue weighted by molar-refractivity contribution is 0.0532. The Morgan fingerprint density at radius 1 is 1.27 bits per heavy atom. The zero-order valence-corrected chi connectivity index (χ0v) is 13.5. The van der Waals surface area contributed by atoms with Crippen LogP contribution in [0.5, 0.6) is 0 Å². The van der Waals surface area contributed by atoms with Gasteiger partial charge < -0.3 is 5.11 Å². The number of nitrogens with one attached hydrogen (secondary N) is 1. The first kappa shape index (κ1) is 15.7. The molecule has 0 amide bonds. The third-order valence-corrected chi connectivity index (χ3v) is 5.86. The SMILES string of the molecule is O=S(=O)(NCC1(O)CCCC1)c1ccc(Cl)c2ncccc12. The molecule has 0 bridgehead atoms. The Morgan fingerprint density at radius 2 is 2.00 bits per heavy atom. The molecule has 1 fully saturated rings. The minimum atomic E-state index is -3.74. The van der Waals surface area contributed by atoms with Crippen LogP contribution in [0.25, 0.3) is 10.9 Å². The van der Waals surface area contributed by atoms with Gasteiger partial charge >= 0.3 is 0 Å². The van der Waals surface area contributed by atoms with Gasteiger partial charge in [-0.2, -0.15) is 0 Å². The van der Waals surface area contributed by atoms with Crippen LogP contribution >= 0.6 is 11.6 Å². The summed E-state index contributed by atoms with van der Waals surface area (Å²) in [7, 11) is -3.74. The van der Waals surface area contributed by atoms with E-state index in [1.165, 1.54) is 12.1 Å². The Bertz CT molecular complexity index is 802. The Hall–Kier alpha value is -1.21. The van der Waals surface area contributed by atoms with E-state index in [-0.39, 0.29) is 11.4 Å². The van der Waals surface area contributed by atoms with Crippen molar-refractivity contribution in [3.63, 3.8) is 0 Å². The first-order chi connectivity index (χ1) is 10.4. The number of rotatable bonds is 4. The maximum Gasteiger partial charge on any atom is 0.241 e. The van der Waals surface area contributed by atoms with Crippen molar-refractivity contribution >= 4 is 32.5 Å². The zero-order valence-electron chi connectivity index (χ0n) is 11.9. The molecule has 1 aromatic heterocycles. The van der Waals surface area contributed by atoms with E-state index in [2.05, 4.69) is 9.71 Å². The third kappa shape index (κ3) is 2.96. The second-order valence-electron chi connectivity index (χ2n) is 5.70. The Kier molecular flexibility index (Phi) is 4.11. The molecular weight excluding hydrogens is 324 g/mol. The largest absolute Gasteiger partial charge is 0.389 e. The van der Waals surface area contributed by atoms with E-state index >= 15 is 0 Å². The fourth-order valence-electron chi connectivity index (χ4n) is 2.86. The molecule has 1 heterocycles. The fraction of sp³-hybridized carbons (Fsp3) is 0.400. The van der Waals surface area contributed by atoms with Gasteiger partial charge in [0.1, 0.15) is 0 Å². The van der Waals surface area contributed by atoms with E-state index in [1.54, 1.807) is 18.3 Å². The lowest BCUT2D eigenvalue weighted by Crippen LogP contribution is -2.40. The van der Waals surface area contributed by atoms with E-state index in [4.69, 9.17) is 11.6 Å². The zero-order chi connectivity index (χ0) is 15.8. The molecule has 1 aromatic carbocycles. The summed E-state index contributed by atoms with van der Waals surface area (Å²) < 4.78 is 27.6. The Labute approximate surface area is 134 Å². The van der Waals surface area contributed by atoms with Gasteiger partial charge in [0, 0.05) is 18.1 Å².